The van der Waals surface area contributed by atoms with Gasteiger partial charge in [-0.1, -0.05) is 31.0 Å². The average Bonchev–Trinajstić information content (AvgIpc) is 3.24. The third-order valence-corrected chi connectivity index (χ3v) is 9.36. The zero-order chi connectivity index (χ0) is 19.4. The van der Waals surface area contributed by atoms with Crippen LogP contribution in [-0.4, -0.2) is 53.3 Å². The predicted molar refractivity (Wildman–Crippen MR) is 112 cm³/mol. The van der Waals surface area contributed by atoms with Crippen LogP contribution in [0.2, 0.25) is 0 Å². The van der Waals surface area contributed by atoms with Crippen molar-refractivity contribution >= 4 is 31.7 Å². The van der Waals surface area contributed by atoms with Crippen molar-refractivity contribution in [3.8, 4) is 0 Å². The molecule has 5 nitrogen and oxygen atoms in total. The number of hydrogen-bond donors (Lipinski definition) is 1. The van der Waals surface area contributed by atoms with Gasteiger partial charge in [-0.3, -0.25) is 4.55 Å². The highest BCUT2D eigenvalue weighted by molar-refractivity contribution is 7.85. The standard InChI is InChI=1S/C21H28N2O3S2/c24-28(25,26)14-18-11-15(21-19-7-3-4-8-20(19)27-22-21)9-10-23(18)12-16-5-1-2-6-17(16)13-23/h3-4,7-8,15-18H,1-2,5-6,9-14H2/p+1. The largest absolute Gasteiger partial charge is 0.320 e. The van der Waals surface area contributed by atoms with Crippen molar-refractivity contribution in [1.82, 2.24) is 4.37 Å². The third-order valence-electron chi connectivity index (χ3n) is 7.71. The number of fused-ring (bicyclic) bond motifs is 2. The van der Waals surface area contributed by atoms with Gasteiger partial charge in [-0.05, 0) is 30.4 Å². The van der Waals surface area contributed by atoms with Crippen LogP contribution < -0.4 is 0 Å². The van der Waals surface area contributed by atoms with Crippen LogP contribution in [0, 0.1) is 11.8 Å². The normalized spacial score (nSPS) is 36.0. The minimum atomic E-state index is -3.99. The van der Waals surface area contributed by atoms with E-state index in [0.29, 0.717) is 0 Å². The molecule has 0 radical (unpaired) electrons. The third kappa shape index (κ3) is 3.40. The molecule has 0 bridgehead atoms. The van der Waals surface area contributed by atoms with E-state index in [1.165, 1.54) is 47.3 Å². The van der Waals surface area contributed by atoms with Gasteiger partial charge in [-0.25, -0.2) is 0 Å². The first-order valence-corrected chi connectivity index (χ1v) is 13.0. The molecule has 28 heavy (non-hydrogen) atoms. The molecule has 3 aliphatic rings. The summed E-state index contributed by atoms with van der Waals surface area (Å²) in [6.07, 6.45) is 7.10. The first-order chi connectivity index (χ1) is 13.4. The zero-order valence-corrected chi connectivity index (χ0v) is 17.8. The zero-order valence-electron chi connectivity index (χ0n) is 16.2. The van der Waals surface area contributed by atoms with Crippen LogP contribution in [0.3, 0.4) is 0 Å². The summed E-state index contributed by atoms with van der Waals surface area (Å²) < 4.78 is 40.4. The van der Waals surface area contributed by atoms with E-state index in [1.807, 2.05) is 6.07 Å². The summed E-state index contributed by atoms with van der Waals surface area (Å²) in [7, 11) is -3.99. The molecule has 4 unspecified atom stereocenters. The lowest BCUT2D eigenvalue weighted by atomic mass is 9.82. The fraction of sp³-hybridized carbons (Fsp3) is 0.667. The molecule has 1 N–H and O–H groups in total. The second-order valence-electron chi connectivity index (χ2n) is 9.30. The minimum absolute atomic E-state index is 0.0141. The summed E-state index contributed by atoms with van der Waals surface area (Å²) in [5.41, 5.74) is 1.13. The molecule has 1 aromatic heterocycles. The number of rotatable bonds is 3. The van der Waals surface area contributed by atoms with Crippen LogP contribution in [-0.2, 0) is 10.1 Å². The summed E-state index contributed by atoms with van der Waals surface area (Å²) in [5, 5.41) is 1.21. The van der Waals surface area contributed by atoms with Crippen molar-refractivity contribution in [1.29, 1.82) is 0 Å². The Labute approximate surface area is 171 Å². The van der Waals surface area contributed by atoms with Gasteiger partial charge in [-0.15, -0.1) is 0 Å². The van der Waals surface area contributed by atoms with E-state index in [4.69, 9.17) is 4.37 Å². The van der Waals surface area contributed by atoms with Crippen molar-refractivity contribution in [2.24, 2.45) is 11.8 Å². The molecule has 1 aromatic carbocycles. The van der Waals surface area contributed by atoms with Crippen LogP contribution in [0.5, 0.6) is 0 Å². The molecule has 2 saturated heterocycles. The molecule has 3 fully saturated rings. The number of aromatic nitrogens is 1. The SMILES string of the molecule is O=S(=O)(O)CC1CC(c2nsc3ccccc23)CC[N+]12CC1CCCCC1C2. The van der Waals surface area contributed by atoms with Gasteiger partial charge >= 0.3 is 0 Å². The number of hydrogen-bond acceptors (Lipinski definition) is 4. The van der Waals surface area contributed by atoms with E-state index >= 15 is 0 Å². The second-order valence-corrected chi connectivity index (χ2v) is 11.6. The van der Waals surface area contributed by atoms with E-state index in [-0.39, 0.29) is 17.7 Å². The topological polar surface area (TPSA) is 67.3 Å². The second kappa shape index (κ2) is 7.04. The number of quaternary nitrogens is 1. The Kier molecular flexibility index (Phi) is 4.77. The van der Waals surface area contributed by atoms with Gasteiger partial charge in [0.05, 0.1) is 30.0 Å². The van der Waals surface area contributed by atoms with E-state index < -0.39 is 10.1 Å². The van der Waals surface area contributed by atoms with Gasteiger partial charge in [0.25, 0.3) is 10.1 Å². The van der Waals surface area contributed by atoms with Crippen LogP contribution in [0.1, 0.15) is 50.1 Å². The highest BCUT2D eigenvalue weighted by Gasteiger charge is 2.53. The molecule has 7 heteroatoms. The fourth-order valence-electron chi connectivity index (χ4n) is 6.44. The van der Waals surface area contributed by atoms with Gasteiger partial charge in [-0.2, -0.15) is 12.8 Å². The molecule has 5 rings (SSSR count). The molecule has 1 spiro atoms. The number of piperidine rings is 1. The quantitative estimate of drug-likeness (QED) is 0.599. The van der Waals surface area contributed by atoms with Crippen molar-refractivity contribution in [3.05, 3.63) is 30.0 Å². The highest BCUT2D eigenvalue weighted by atomic mass is 32.2. The van der Waals surface area contributed by atoms with E-state index in [1.54, 1.807) is 0 Å². The van der Waals surface area contributed by atoms with Gasteiger partial charge in [0.2, 0.25) is 0 Å². The Morgan fingerprint density at radius 3 is 2.54 bits per heavy atom. The molecule has 2 aromatic rings. The van der Waals surface area contributed by atoms with Crippen molar-refractivity contribution < 1.29 is 17.5 Å². The van der Waals surface area contributed by atoms with Gasteiger partial charge < -0.3 is 4.48 Å². The van der Waals surface area contributed by atoms with Crippen LogP contribution in [0.4, 0.5) is 0 Å². The van der Waals surface area contributed by atoms with Crippen LogP contribution in [0.25, 0.3) is 10.1 Å². The smallest absolute Gasteiger partial charge is 0.270 e. The summed E-state index contributed by atoms with van der Waals surface area (Å²) in [4.78, 5) is 0. The first kappa shape index (κ1) is 19.0. The molecule has 4 atom stereocenters. The summed E-state index contributed by atoms with van der Waals surface area (Å²) in [5.74, 6) is 1.67. The minimum Gasteiger partial charge on any atom is -0.320 e. The number of nitrogens with zero attached hydrogens (tertiary/aromatic N) is 2. The summed E-state index contributed by atoms with van der Waals surface area (Å²) in [6.45, 7) is 3.23. The lowest BCUT2D eigenvalue weighted by Gasteiger charge is -2.47. The van der Waals surface area contributed by atoms with Crippen LogP contribution >= 0.6 is 11.5 Å². The lowest BCUT2D eigenvalue weighted by Crippen LogP contribution is -2.60. The number of benzene rings is 1. The Morgan fingerprint density at radius 2 is 1.82 bits per heavy atom. The highest BCUT2D eigenvalue weighted by Crippen LogP contribution is 2.47. The van der Waals surface area contributed by atoms with Crippen LogP contribution in [0.15, 0.2) is 24.3 Å². The Hall–Kier alpha value is -1.02. The Morgan fingerprint density at radius 1 is 1.11 bits per heavy atom. The molecular weight excluding hydrogens is 392 g/mol. The monoisotopic (exact) mass is 421 g/mol. The Balaban J connectivity index is 1.45. The van der Waals surface area contributed by atoms with Gasteiger partial charge in [0.1, 0.15) is 11.8 Å². The molecule has 3 heterocycles. The molecule has 2 aliphatic heterocycles. The van der Waals surface area contributed by atoms with Crippen molar-refractivity contribution in [2.45, 2.75) is 50.5 Å². The van der Waals surface area contributed by atoms with Gasteiger partial charge in [0.15, 0.2) is 0 Å². The Bertz CT molecular complexity index is 957. The molecular formula is C21H29N2O3S2+. The summed E-state index contributed by atoms with van der Waals surface area (Å²) in [6, 6.07) is 8.32. The van der Waals surface area contributed by atoms with Crippen molar-refractivity contribution in [3.63, 3.8) is 0 Å². The maximum absolute atomic E-state index is 11.9. The maximum atomic E-state index is 11.9. The fourth-order valence-corrected chi connectivity index (χ4v) is 8.23. The predicted octanol–water partition coefficient (Wildman–Crippen LogP) is 4.07. The molecule has 1 aliphatic carbocycles. The molecule has 0 amide bonds. The van der Waals surface area contributed by atoms with E-state index in [2.05, 4.69) is 18.2 Å². The van der Waals surface area contributed by atoms with Crippen molar-refractivity contribution in [2.75, 3.05) is 25.4 Å². The molecule has 152 valence electrons. The average molecular weight is 422 g/mol. The van der Waals surface area contributed by atoms with E-state index in [0.717, 1.165) is 54.5 Å². The molecule has 1 saturated carbocycles. The first-order valence-electron chi connectivity index (χ1n) is 10.6. The summed E-state index contributed by atoms with van der Waals surface area (Å²) >= 11 is 1.54. The van der Waals surface area contributed by atoms with Gasteiger partial charge in [0, 0.05) is 36.0 Å². The lowest BCUT2D eigenvalue weighted by molar-refractivity contribution is -0.945. The maximum Gasteiger partial charge on any atom is 0.270 e. The van der Waals surface area contributed by atoms with E-state index in [9.17, 15) is 13.0 Å².